The first-order chi connectivity index (χ1) is 12.3. The van der Waals surface area contributed by atoms with E-state index in [9.17, 15) is 13.2 Å². The number of benzene rings is 1. The second-order valence-electron chi connectivity index (χ2n) is 6.54. The zero-order chi connectivity index (χ0) is 18.7. The number of nitrogens with zero attached hydrogens (tertiary/aromatic N) is 2. The minimum Gasteiger partial charge on any atom is -0.465 e. The highest BCUT2D eigenvalue weighted by Crippen LogP contribution is 2.19. The van der Waals surface area contributed by atoms with Crippen LogP contribution in [0.15, 0.2) is 18.2 Å². The van der Waals surface area contributed by atoms with E-state index in [4.69, 9.17) is 9.88 Å². The predicted molar refractivity (Wildman–Crippen MR) is 96.5 cm³/mol. The van der Waals surface area contributed by atoms with Crippen molar-refractivity contribution in [2.45, 2.75) is 19.4 Å². The van der Waals surface area contributed by atoms with Gasteiger partial charge in [0.25, 0.3) is 10.2 Å². The molecule has 0 radical (unpaired) electrons. The maximum Gasteiger partial charge on any atom is 0.337 e. The van der Waals surface area contributed by atoms with Crippen molar-refractivity contribution in [1.29, 1.82) is 0 Å². The van der Waals surface area contributed by atoms with Gasteiger partial charge in [-0.05, 0) is 43.5 Å². The van der Waals surface area contributed by atoms with Gasteiger partial charge in [0.05, 0.1) is 30.3 Å². The standard InChI is InChI=1S/C16H23N5O4S/c1-25-16(22)12-4-5-13-14(7-12)20-15(19-13)10-21-6-2-3-11(9-21)8-18-26(17,23)24/h4-5,7,11,18H,2-3,6,8-10H2,1H3,(H,19,20)(H2,17,23,24). The lowest BCUT2D eigenvalue weighted by atomic mass is 9.98. The van der Waals surface area contributed by atoms with Gasteiger partial charge in [0.2, 0.25) is 0 Å². The summed E-state index contributed by atoms with van der Waals surface area (Å²) in [6.07, 6.45) is 1.95. The van der Waals surface area contributed by atoms with Crippen LogP contribution in [-0.4, -0.2) is 56.0 Å². The topological polar surface area (TPSA) is 130 Å². The summed E-state index contributed by atoms with van der Waals surface area (Å²) in [5, 5.41) is 5.00. The number of nitrogens with one attached hydrogen (secondary N) is 2. The Hall–Kier alpha value is -2.01. The van der Waals surface area contributed by atoms with E-state index in [2.05, 4.69) is 19.6 Å². The highest BCUT2D eigenvalue weighted by molar-refractivity contribution is 7.87. The largest absolute Gasteiger partial charge is 0.465 e. The van der Waals surface area contributed by atoms with Gasteiger partial charge in [-0.15, -0.1) is 0 Å². The number of carbonyl (C=O) groups is 1. The minimum atomic E-state index is -3.66. The zero-order valence-electron chi connectivity index (χ0n) is 14.6. The van der Waals surface area contributed by atoms with Crippen LogP contribution >= 0.6 is 0 Å². The number of fused-ring (bicyclic) bond motifs is 1. The Morgan fingerprint density at radius 2 is 2.31 bits per heavy atom. The van der Waals surface area contributed by atoms with Crippen molar-refractivity contribution in [1.82, 2.24) is 19.6 Å². The minimum absolute atomic E-state index is 0.220. The number of hydrogen-bond donors (Lipinski definition) is 3. The molecule has 4 N–H and O–H groups in total. The number of piperidine rings is 1. The third-order valence-corrected chi connectivity index (χ3v) is 5.07. The summed E-state index contributed by atoms with van der Waals surface area (Å²) in [7, 11) is -2.31. The van der Waals surface area contributed by atoms with Crippen molar-refractivity contribution in [2.24, 2.45) is 11.1 Å². The summed E-state index contributed by atoms with van der Waals surface area (Å²) >= 11 is 0. The Labute approximate surface area is 152 Å². The number of hydrogen-bond acceptors (Lipinski definition) is 6. The predicted octanol–water partition coefficient (Wildman–Crippen LogP) is 0.355. The number of imidazole rings is 1. The van der Waals surface area contributed by atoms with Gasteiger partial charge < -0.3 is 9.72 Å². The van der Waals surface area contributed by atoms with E-state index < -0.39 is 10.2 Å². The van der Waals surface area contributed by atoms with Gasteiger partial charge in [0, 0.05) is 13.1 Å². The fraction of sp³-hybridized carbons (Fsp3) is 0.500. The average Bonchev–Trinajstić information content (AvgIpc) is 3.00. The summed E-state index contributed by atoms with van der Waals surface area (Å²) in [5.74, 6) is 0.642. The fourth-order valence-corrected chi connectivity index (χ4v) is 3.76. The number of esters is 1. The highest BCUT2D eigenvalue weighted by Gasteiger charge is 2.22. The van der Waals surface area contributed by atoms with Crippen molar-refractivity contribution in [3.05, 3.63) is 29.6 Å². The molecule has 0 bridgehead atoms. The molecule has 2 aromatic rings. The second-order valence-corrected chi connectivity index (χ2v) is 7.92. The number of H-pyrrole nitrogens is 1. The van der Waals surface area contributed by atoms with Gasteiger partial charge in [-0.3, -0.25) is 4.90 Å². The first-order valence-corrected chi connectivity index (χ1v) is 9.95. The van der Waals surface area contributed by atoms with Crippen LogP contribution in [0.4, 0.5) is 0 Å². The molecule has 0 saturated carbocycles. The zero-order valence-corrected chi connectivity index (χ0v) is 15.4. The van der Waals surface area contributed by atoms with Crippen LogP contribution in [0, 0.1) is 5.92 Å². The first-order valence-electron chi connectivity index (χ1n) is 8.41. The van der Waals surface area contributed by atoms with Crippen LogP contribution in [0.3, 0.4) is 0 Å². The number of likely N-dealkylation sites (tertiary alicyclic amines) is 1. The van der Waals surface area contributed by atoms with Gasteiger partial charge in [0.15, 0.2) is 0 Å². The molecule has 3 rings (SSSR count). The average molecular weight is 381 g/mol. The van der Waals surface area contributed by atoms with Crippen LogP contribution in [0.2, 0.25) is 0 Å². The molecule has 26 heavy (non-hydrogen) atoms. The van der Waals surface area contributed by atoms with E-state index in [0.29, 0.717) is 18.7 Å². The van der Waals surface area contributed by atoms with Crippen LogP contribution in [0.25, 0.3) is 11.0 Å². The molecule has 0 aliphatic carbocycles. The molecule has 2 heterocycles. The summed E-state index contributed by atoms with van der Waals surface area (Å²) < 4.78 is 29.2. The fourth-order valence-electron chi connectivity index (χ4n) is 3.29. The molecular formula is C16H23N5O4S. The molecule has 1 atom stereocenters. The normalized spacial score (nSPS) is 18.9. The number of nitrogens with two attached hydrogens (primary N) is 1. The lowest BCUT2D eigenvalue weighted by Gasteiger charge is -2.32. The second kappa shape index (κ2) is 7.70. The Kier molecular flexibility index (Phi) is 5.56. The molecule has 1 saturated heterocycles. The maximum absolute atomic E-state index is 11.6. The maximum atomic E-state index is 11.6. The Morgan fingerprint density at radius 3 is 3.04 bits per heavy atom. The van der Waals surface area contributed by atoms with E-state index in [1.54, 1.807) is 18.2 Å². The number of aromatic amines is 1. The summed E-state index contributed by atoms with van der Waals surface area (Å²) in [6.45, 7) is 2.68. The first kappa shape index (κ1) is 18.8. The monoisotopic (exact) mass is 381 g/mol. The van der Waals surface area contributed by atoms with E-state index in [1.165, 1.54) is 7.11 Å². The molecule has 0 amide bonds. The molecular weight excluding hydrogens is 358 g/mol. The number of carbonyl (C=O) groups excluding carboxylic acids is 1. The lowest BCUT2D eigenvalue weighted by Crippen LogP contribution is -2.42. The molecule has 9 nitrogen and oxygen atoms in total. The number of aromatic nitrogens is 2. The lowest BCUT2D eigenvalue weighted by molar-refractivity contribution is 0.0601. The molecule has 1 aromatic carbocycles. The van der Waals surface area contributed by atoms with Gasteiger partial charge in [-0.1, -0.05) is 0 Å². The van der Waals surface area contributed by atoms with Gasteiger partial charge in [0.1, 0.15) is 5.82 Å². The Balaban J connectivity index is 1.65. The quantitative estimate of drug-likeness (QED) is 0.619. The van der Waals surface area contributed by atoms with Crippen molar-refractivity contribution in [3.63, 3.8) is 0 Å². The van der Waals surface area contributed by atoms with Crippen molar-refractivity contribution < 1.29 is 17.9 Å². The van der Waals surface area contributed by atoms with Crippen LogP contribution in [0.1, 0.15) is 29.0 Å². The molecule has 1 unspecified atom stereocenters. The summed E-state index contributed by atoms with van der Waals surface area (Å²) in [6, 6.07) is 5.21. The number of ether oxygens (including phenoxy) is 1. The van der Waals surface area contributed by atoms with E-state index in [1.807, 2.05) is 0 Å². The molecule has 1 fully saturated rings. The number of rotatable bonds is 6. The van der Waals surface area contributed by atoms with Gasteiger partial charge in [-0.2, -0.15) is 8.42 Å². The Bertz CT molecular complexity index is 895. The van der Waals surface area contributed by atoms with Crippen LogP contribution in [-0.2, 0) is 21.5 Å². The smallest absolute Gasteiger partial charge is 0.337 e. The molecule has 1 aliphatic heterocycles. The van der Waals surface area contributed by atoms with Gasteiger partial charge in [-0.25, -0.2) is 19.6 Å². The highest BCUT2D eigenvalue weighted by atomic mass is 32.2. The van der Waals surface area contributed by atoms with Crippen molar-refractivity contribution in [3.8, 4) is 0 Å². The molecule has 1 aliphatic rings. The summed E-state index contributed by atoms with van der Waals surface area (Å²) in [4.78, 5) is 21.7. The van der Waals surface area contributed by atoms with E-state index in [0.717, 1.165) is 42.8 Å². The SMILES string of the molecule is COC(=O)c1ccc2nc(CN3CCCC(CNS(N)(=O)=O)C3)[nH]c2c1. The van der Waals surface area contributed by atoms with Crippen LogP contribution in [0.5, 0.6) is 0 Å². The van der Waals surface area contributed by atoms with Crippen molar-refractivity contribution in [2.75, 3.05) is 26.7 Å². The third-order valence-electron chi connectivity index (χ3n) is 4.50. The number of methoxy groups -OCH3 is 1. The molecule has 1 aromatic heterocycles. The van der Waals surface area contributed by atoms with Crippen LogP contribution < -0.4 is 9.86 Å². The third kappa shape index (κ3) is 4.79. The molecule has 0 spiro atoms. The van der Waals surface area contributed by atoms with Crippen molar-refractivity contribution >= 4 is 27.2 Å². The summed E-state index contributed by atoms with van der Waals surface area (Å²) in [5.41, 5.74) is 2.05. The molecule has 10 heteroatoms. The Morgan fingerprint density at radius 1 is 1.50 bits per heavy atom. The van der Waals surface area contributed by atoms with E-state index >= 15 is 0 Å². The van der Waals surface area contributed by atoms with E-state index in [-0.39, 0.29) is 11.9 Å². The molecule has 142 valence electrons. The van der Waals surface area contributed by atoms with Gasteiger partial charge >= 0.3 is 5.97 Å².